The minimum atomic E-state index is -0.147. The Labute approximate surface area is 148 Å². The van der Waals surface area contributed by atoms with E-state index >= 15 is 0 Å². The molecule has 6 heteroatoms. The molecule has 0 bridgehead atoms. The zero-order valence-corrected chi connectivity index (χ0v) is 15.2. The Balaban J connectivity index is 1.56. The molecule has 1 aromatic heterocycles. The van der Waals surface area contributed by atoms with Crippen molar-refractivity contribution < 1.29 is 9.21 Å². The van der Waals surface area contributed by atoms with Crippen molar-refractivity contribution in [3.8, 4) is 0 Å². The number of nitrogens with one attached hydrogen (secondary N) is 3. The Morgan fingerprint density at radius 1 is 1.20 bits per heavy atom. The first-order chi connectivity index (χ1) is 11.8. The van der Waals surface area contributed by atoms with E-state index < -0.39 is 0 Å². The molecule has 1 heterocycles. The fourth-order valence-corrected chi connectivity index (χ4v) is 2.38. The molecule has 1 aromatic carbocycles. The Kier molecular flexibility index (Phi) is 4.70. The molecular formula is C19H26N4O2. The van der Waals surface area contributed by atoms with Crippen LogP contribution in [0.3, 0.4) is 0 Å². The molecule has 2 aromatic rings. The summed E-state index contributed by atoms with van der Waals surface area (Å²) in [6.45, 7) is 8.30. The summed E-state index contributed by atoms with van der Waals surface area (Å²) in [5, 5.41) is 9.10. The lowest BCUT2D eigenvalue weighted by Crippen LogP contribution is -2.30. The minimum Gasteiger partial charge on any atom is -0.443 e. The van der Waals surface area contributed by atoms with Gasteiger partial charge >= 0.3 is 6.03 Å². The van der Waals surface area contributed by atoms with Crippen molar-refractivity contribution in [2.75, 3.05) is 10.6 Å². The minimum absolute atomic E-state index is 0.0481. The van der Waals surface area contributed by atoms with Crippen LogP contribution in [0.2, 0.25) is 0 Å². The van der Waals surface area contributed by atoms with Gasteiger partial charge < -0.3 is 20.4 Å². The van der Waals surface area contributed by atoms with Gasteiger partial charge in [0.25, 0.3) is 0 Å². The number of amides is 2. The molecule has 1 saturated carbocycles. The quantitative estimate of drug-likeness (QED) is 0.751. The molecule has 1 aliphatic rings. The van der Waals surface area contributed by atoms with Crippen LogP contribution in [-0.4, -0.2) is 17.1 Å². The molecule has 0 radical (unpaired) electrons. The summed E-state index contributed by atoms with van der Waals surface area (Å²) >= 11 is 0. The highest BCUT2D eigenvalue weighted by molar-refractivity contribution is 5.89. The first-order valence-electron chi connectivity index (χ1n) is 8.71. The van der Waals surface area contributed by atoms with E-state index in [1.165, 1.54) is 0 Å². The fraction of sp³-hybridized carbons (Fsp3) is 0.474. The average Bonchev–Trinajstić information content (AvgIpc) is 3.18. The van der Waals surface area contributed by atoms with E-state index in [4.69, 9.17) is 4.42 Å². The topological polar surface area (TPSA) is 79.2 Å². The summed E-state index contributed by atoms with van der Waals surface area (Å²) < 4.78 is 5.86. The van der Waals surface area contributed by atoms with Crippen LogP contribution in [0.15, 0.2) is 34.9 Å². The number of oxazole rings is 1. The molecule has 3 N–H and O–H groups in total. The zero-order valence-electron chi connectivity index (χ0n) is 15.2. The van der Waals surface area contributed by atoms with Gasteiger partial charge in [-0.2, -0.15) is 0 Å². The van der Waals surface area contributed by atoms with Gasteiger partial charge in [0.2, 0.25) is 5.89 Å². The van der Waals surface area contributed by atoms with Crippen molar-refractivity contribution >= 4 is 17.4 Å². The molecule has 0 saturated heterocycles. The summed E-state index contributed by atoms with van der Waals surface area (Å²) in [7, 11) is 0. The number of aromatic nitrogens is 1. The molecule has 1 aliphatic carbocycles. The summed E-state index contributed by atoms with van der Waals surface area (Å²) in [6.07, 6.45) is 3.94. The molecule has 3 rings (SSSR count). The van der Waals surface area contributed by atoms with Crippen molar-refractivity contribution in [3.05, 3.63) is 42.1 Å². The van der Waals surface area contributed by atoms with Crippen LogP contribution in [0.25, 0.3) is 0 Å². The van der Waals surface area contributed by atoms with Gasteiger partial charge in [-0.25, -0.2) is 9.78 Å². The third kappa shape index (κ3) is 4.75. The van der Waals surface area contributed by atoms with Crippen molar-refractivity contribution in [1.82, 2.24) is 10.3 Å². The maximum absolute atomic E-state index is 11.7. The molecule has 1 fully saturated rings. The van der Waals surface area contributed by atoms with Crippen LogP contribution in [-0.2, 0) is 5.41 Å². The van der Waals surface area contributed by atoms with Gasteiger partial charge in [0, 0.05) is 22.8 Å². The molecule has 0 unspecified atom stereocenters. The van der Waals surface area contributed by atoms with Crippen molar-refractivity contribution in [3.63, 3.8) is 0 Å². The van der Waals surface area contributed by atoms with Crippen LogP contribution in [0, 0.1) is 0 Å². The molecule has 134 valence electrons. The van der Waals surface area contributed by atoms with E-state index in [2.05, 4.69) is 41.7 Å². The van der Waals surface area contributed by atoms with E-state index in [9.17, 15) is 4.79 Å². The lowest BCUT2D eigenvalue weighted by Gasteiger charge is -2.15. The lowest BCUT2D eigenvalue weighted by molar-refractivity contribution is 0.251. The van der Waals surface area contributed by atoms with Gasteiger partial charge in [0.05, 0.1) is 6.20 Å². The monoisotopic (exact) mass is 342 g/mol. The Morgan fingerprint density at radius 2 is 1.84 bits per heavy atom. The van der Waals surface area contributed by atoms with Gasteiger partial charge in [0.15, 0.2) is 0 Å². The second-order valence-corrected chi connectivity index (χ2v) is 7.63. The van der Waals surface area contributed by atoms with E-state index in [1.54, 1.807) is 6.20 Å². The number of urea groups is 1. The first kappa shape index (κ1) is 17.3. The number of rotatable bonds is 5. The number of hydrogen-bond acceptors (Lipinski definition) is 4. The number of nitrogens with zero attached hydrogens (tertiary/aromatic N) is 1. The van der Waals surface area contributed by atoms with Gasteiger partial charge in [-0.15, -0.1) is 0 Å². The van der Waals surface area contributed by atoms with Gasteiger partial charge in [0.1, 0.15) is 11.8 Å². The number of hydrogen-bond donors (Lipinski definition) is 3. The molecule has 0 aliphatic heterocycles. The second-order valence-electron chi connectivity index (χ2n) is 7.63. The highest BCUT2D eigenvalue weighted by atomic mass is 16.4. The van der Waals surface area contributed by atoms with Crippen molar-refractivity contribution in [2.45, 2.75) is 58.0 Å². The van der Waals surface area contributed by atoms with E-state index in [1.807, 2.05) is 31.2 Å². The van der Waals surface area contributed by atoms with E-state index in [-0.39, 0.29) is 17.5 Å². The van der Waals surface area contributed by atoms with Gasteiger partial charge in [-0.05, 0) is 44.0 Å². The molecule has 1 atom stereocenters. The first-order valence-corrected chi connectivity index (χ1v) is 8.71. The smallest absolute Gasteiger partial charge is 0.319 e. The third-order valence-corrected chi connectivity index (χ3v) is 4.07. The van der Waals surface area contributed by atoms with Crippen molar-refractivity contribution in [1.29, 1.82) is 0 Å². The number of anilines is 2. The highest BCUT2D eigenvalue weighted by Crippen LogP contribution is 2.26. The zero-order chi connectivity index (χ0) is 18.0. The predicted octanol–water partition coefficient (Wildman–Crippen LogP) is 4.43. The lowest BCUT2D eigenvalue weighted by atomic mass is 9.94. The fourth-order valence-electron chi connectivity index (χ4n) is 2.38. The number of carbonyl (C=O) groups excluding carboxylic acids is 1. The van der Waals surface area contributed by atoms with Crippen LogP contribution in [0.1, 0.15) is 58.2 Å². The van der Waals surface area contributed by atoms with E-state index in [0.29, 0.717) is 11.9 Å². The van der Waals surface area contributed by atoms with Crippen LogP contribution >= 0.6 is 0 Å². The SMILES string of the molecule is C[C@H](Nc1ccc(NC(=O)NC2CC2)cc1)c1ncc(C(C)(C)C)o1. The largest absolute Gasteiger partial charge is 0.443 e. The Hall–Kier alpha value is -2.50. The Morgan fingerprint density at radius 3 is 2.40 bits per heavy atom. The van der Waals surface area contributed by atoms with Crippen molar-refractivity contribution in [2.24, 2.45) is 0 Å². The predicted molar refractivity (Wildman–Crippen MR) is 98.9 cm³/mol. The number of carbonyl (C=O) groups is 1. The van der Waals surface area contributed by atoms with Gasteiger partial charge in [-0.3, -0.25) is 0 Å². The average molecular weight is 342 g/mol. The second kappa shape index (κ2) is 6.78. The van der Waals surface area contributed by atoms with E-state index in [0.717, 1.165) is 30.0 Å². The molecular weight excluding hydrogens is 316 g/mol. The number of benzene rings is 1. The maximum Gasteiger partial charge on any atom is 0.319 e. The Bertz CT molecular complexity index is 727. The summed E-state index contributed by atoms with van der Waals surface area (Å²) in [5.74, 6) is 1.54. The molecule has 2 amide bonds. The highest BCUT2D eigenvalue weighted by Gasteiger charge is 2.23. The summed E-state index contributed by atoms with van der Waals surface area (Å²) in [6, 6.07) is 7.75. The summed E-state index contributed by atoms with van der Waals surface area (Å²) in [4.78, 5) is 16.1. The third-order valence-electron chi connectivity index (χ3n) is 4.07. The normalized spacial score (nSPS) is 15.5. The maximum atomic E-state index is 11.7. The molecule has 6 nitrogen and oxygen atoms in total. The standard InChI is InChI=1S/C19H26N4O2/c1-12(17-20-11-16(25-17)19(2,3)4)21-13-5-7-14(8-6-13)22-18(24)23-15-9-10-15/h5-8,11-12,15,21H,9-10H2,1-4H3,(H2,22,23,24)/t12-/m0/s1. The van der Waals surface area contributed by atoms with Gasteiger partial charge in [-0.1, -0.05) is 20.8 Å². The molecule has 25 heavy (non-hydrogen) atoms. The van der Waals surface area contributed by atoms with Crippen LogP contribution < -0.4 is 16.0 Å². The molecule has 0 spiro atoms. The van der Waals surface area contributed by atoms with Crippen LogP contribution in [0.5, 0.6) is 0 Å². The summed E-state index contributed by atoms with van der Waals surface area (Å²) in [5.41, 5.74) is 1.65. The van der Waals surface area contributed by atoms with Crippen LogP contribution in [0.4, 0.5) is 16.2 Å².